The van der Waals surface area contributed by atoms with Crippen molar-refractivity contribution in [3.8, 4) is 5.75 Å². The lowest BCUT2D eigenvalue weighted by Gasteiger charge is -2.43. The van der Waals surface area contributed by atoms with Gasteiger partial charge in [-0.2, -0.15) is 0 Å². The summed E-state index contributed by atoms with van der Waals surface area (Å²) in [6.07, 6.45) is 3.54. The molecule has 94 valence electrons. The number of methoxy groups -OCH3 is 1. The summed E-state index contributed by atoms with van der Waals surface area (Å²) >= 11 is 0. The predicted molar refractivity (Wildman–Crippen MR) is 71.0 cm³/mol. The second kappa shape index (κ2) is 4.69. The Labute approximate surface area is 104 Å². The molecule has 0 radical (unpaired) electrons. The van der Waals surface area contributed by atoms with Gasteiger partial charge in [0.15, 0.2) is 0 Å². The fourth-order valence-electron chi connectivity index (χ4n) is 3.08. The molecule has 0 saturated heterocycles. The topological polar surface area (TPSA) is 35.2 Å². The highest BCUT2D eigenvalue weighted by molar-refractivity contribution is 5.39. The van der Waals surface area contributed by atoms with E-state index in [2.05, 4.69) is 26.0 Å². The van der Waals surface area contributed by atoms with E-state index < -0.39 is 0 Å². The van der Waals surface area contributed by atoms with Crippen LogP contribution in [-0.4, -0.2) is 7.11 Å². The number of hydrogen-bond donors (Lipinski definition) is 1. The van der Waals surface area contributed by atoms with Crippen LogP contribution in [0.5, 0.6) is 5.75 Å². The molecule has 1 aliphatic carbocycles. The standard InChI is InChI=1S/C15H23NO/c1-11-8-9-12(2)15(16,10-11)13-6-4-5-7-14(13)17-3/h4-7,11-12H,8-10,16H2,1-3H3. The Kier molecular flexibility index (Phi) is 3.43. The average molecular weight is 233 g/mol. The number of hydrogen-bond acceptors (Lipinski definition) is 2. The molecule has 1 aliphatic rings. The summed E-state index contributed by atoms with van der Waals surface area (Å²) in [6.45, 7) is 4.56. The molecule has 0 aromatic heterocycles. The molecule has 2 nitrogen and oxygen atoms in total. The largest absolute Gasteiger partial charge is 0.496 e. The molecule has 1 fully saturated rings. The minimum absolute atomic E-state index is 0.232. The van der Waals surface area contributed by atoms with Crippen LogP contribution >= 0.6 is 0 Å². The maximum atomic E-state index is 6.71. The van der Waals surface area contributed by atoms with Crippen LogP contribution in [0.4, 0.5) is 0 Å². The van der Waals surface area contributed by atoms with E-state index in [1.54, 1.807) is 7.11 Å². The maximum absolute atomic E-state index is 6.71. The minimum Gasteiger partial charge on any atom is -0.496 e. The minimum atomic E-state index is -0.232. The average Bonchev–Trinajstić information content (AvgIpc) is 2.34. The number of ether oxygens (including phenoxy) is 1. The fraction of sp³-hybridized carbons (Fsp3) is 0.600. The van der Waals surface area contributed by atoms with Crippen molar-refractivity contribution in [3.05, 3.63) is 29.8 Å². The van der Waals surface area contributed by atoms with Crippen LogP contribution in [0.25, 0.3) is 0 Å². The highest BCUT2D eigenvalue weighted by Gasteiger charge is 2.40. The van der Waals surface area contributed by atoms with Crippen molar-refractivity contribution in [2.24, 2.45) is 17.6 Å². The Morgan fingerprint density at radius 2 is 1.94 bits per heavy atom. The van der Waals surface area contributed by atoms with Crippen LogP contribution in [0, 0.1) is 11.8 Å². The van der Waals surface area contributed by atoms with Crippen LogP contribution in [0.3, 0.4) is 0 Å². The third-order valence-electron chi connectivity index (χ3n) is 4.27. The van der Waals surface area contributed by atoms with E-state index in [0.29, 0.717) is 11.8 Å². The monoisotopic (exact) mass is 233 g/mol. The second-order valence-electron chi connectivity index (χ2n) is 5.53. The molecule has 2 heteroatoms. The molecule has 0 amide bonds. The first-order chi connectivity index (χ1) is 8.08. The molecular weight excluding hydrogens is 210 g/mol. The van der Waals surface area contributed by atoms with E-state index in [1.807, 2.05) is 12.1 Å². The lowest BCUT2D eigenvalue weighted by molar-refractivity contribution is 0.158. The summed E-state index contributed by atoms with van der Waals surface area (Å²) in [5.41, 5.74) is 7.65. The van der Waals surface area contributed by atoms with Crippen LogP contribution in [0.15, 0.2) is 24.3 Å². The highest BCUT2D eigenvalue weighted by Crippen LogP contribution is 2.44. The van der Waals surface area contributed by atoms with Gasteiger partial charge >= 0.3 is 0 Å². The summed E-state index contributed by atoms with van der Waals surface area (Å²) < 4.78 is 5.47. The van der Waals surface area contributed by atoms with Gasteiger partial charge in [-0.05, 0) is 30.7 Å². The first-order valence-electron chi connectivity index (χ1n) is 6.50. The van der Waals surface area contributed by atoms with Crippen molar-refractivity contribution in [3.63, 3.8) is 0 Å². The summed E-state index contributed by atoms with van der Waals surface area (Å²) in [5.74, 6) is 2.13. The zero-order valence-electron chi connectivity index (χ0n) is 11.1. The normalized spacial score (nSPS) is 33.4. The molecule has 0 heterocycles. The Morgan fingerprint density at radius 3 is 2.65 bits per heavy atom. The van der Waals surface area contributed by atoms with Crippen LogP contribution in [0.2, 0.25) is 0 Å². The van der Waals surface area contributed by atoms with Gasteiger partial charge in [0.2, 0.25) is 0 Å². The zero-order valence-corrected chi connectivity index (χ0v) is 11.1. The smallest absolute Gasteiger partial charge is 0.123 e. The summed E-state index contributed by atoms with van der Waals surface area (Å²) in [5, 5.41) is 0. The molecule has 2 N–H and O–H groups in total. The lowest BCUT2D eigenvalue weighted by atomic mass is 9.67. The summed E-state index contributed by atoms with van der Waals surface area (Å²) in [4.78, 5) is 0. The Balaban J connectivity index is 2.41. The third kappa shape index (κ3) is 2.19. The quantitative estimate of drug-likeness (QED) is 0.850. The molecule has 0 spiro atoms. The summed E-state index contributed by atoms with van der Waals surface area (Å²) in [7, 11) is 1.72. The van der Waals surface area contributed by atoms with E-state index in [0.717, 1.165) is 12.2 Å². The Morgan fingerprint density at radius 1 is 1.24 bits per heavy atom. The summed E-state index contributed by atoms with van der Waals surface area (Å²) in [6, 6.07) is 8.18. The first kappa shape index (κ1) is 12.4. The van der Waals surface area contributed by atoms with Crippen LogP contribution in [-0.2, 0) is 5.54 Å². The van der Waals surface area contributed by atoms with Gasteiger partial charge in [0.1, 0.15) is 5.75 Å². The van der Waals surface area contributed by atoms with E-state index in [4.69, 9.17) is 10.5 Å². The second-order valence-corrected chi connectivity index (χ2v) is 5.53. The van der Waals surface area contributed by atoms with Crippen molar-refractivity contribution >= 4 is 0 Å². The Hall–Kier alpha value is -1.02. The Bertz CT molecular complexity index is 390. The maximum Gasteiger partial charge on any atom is 0.123 e. The van der Waals surface area contributed by atoms with Crippen molar-refractivity contribution in [2.45, 2.75) is 38.6 Å². The van der Waals surface area contributed by atoms with Gasteiger partial charge in [0, 0.05) is 11.1 Å². The predicted octanol–water partition coefficient (Wildman–Crippen LogP) is 3.31. The van der Waals surface area contributed by atoms with Crippen LogP contribution < -0.4 is 10.5 Å². The molecule has 17 heavy (non-hydrogen) atoms. The van der Waals surface area contributed by atoms with Crippen molar-refractivity contribution in [1.82, 2.24) is 0 Å². The van der Waals surface area contributed by atoms with Crippen molar-refractivity contribution < 1.29 is 4.74 Å². The number of rotatable bonds is 2. The van der Waals surface area contributed by atoms with Crippen LogP contribution in [0.1, 0.15) is 38.7 Å². The third-order valence-corrected chi connectivity index (χ3v) is 4.27. The number of benzene rings is 1. The first-order valence-corrected chi connectivity index (χ1v) is 6.50. The lowest BCUT2D eigenvalue weighted by Crippen LogP contribution is -2.47. The fourth-order valence-corrected chi connectivity index (χ4v) is 3.08. The highest BCUT2D eigenvalue weighted by atomic mass is 16.5. The molecule has 3 atom stereocenters. The van der Waals surface area contributed by atoms with E-state index in [9.17, 15) is 0 Å². The van der Waals surface area contributed by atoms with E-state index in [-0.39, 0.29) is 5.54 Å². The van der Waals surface area contributed by atoms with Crippen molar-refractivity contribution in [2.75, 3.05) is 7.11 Å². The van der Waals surface area contributed by atoms with Gasteiger partial charge < -0.3 is 10.5 Å². The van der Waals surface area contributed by atoms with Gasteiger partial charge in [-0.1, -0.05) is 38.5 Å². The molecule has 0 bridgehead atoms. The molecular formula is C15H23NO. The number of para-hydroxylation sites is 1. The SMILES string of the molecule is COc1ccccc1C1(N)CC(C)CCC1C. The van der Waals surface area contributed by atoms with Crippen molar-refractivity contribution in [1.29, 1.82) is 0 Å². The van der Waals surface area contributed by atoms with Gasteiger partial charge in [-0.25, -0.2) is 0 Å². The van der Waals surface area contributed by atoms with Gasteiger partial charge in [0.05, 0.1) is 7.11 Å². The van der Waals surface area contributed by atoms with Gasteiger partial charge in [-0.15, -0.1) is 0 Å². The molecule has 3 unspecified atom stereocenters. The van der Waals surface area contributed by atoms with Gasteiger partial charge in [-0.3, -0.25) is 0 Å². The van der Waals surface area contributed by atoms with Gasteiger partial charge in [0.25, 0.3) is 0 Å². The molecule has 1 saturated carbocycles. The molecule has 1 aromatic carbocycles. The van der Waals surface area contributed by atoms with E-state index >= 15 is 0 Å². The molecule has 1 aromatic rings. The zero-order chi connectivity index (χ0) is 12.5. The van der Waals surface area contributed by atoms with E-state index in [1.165, 1.54) is 18.4 Å². The number of nitrogens with two attached hydrogens (primary N) is 1. The molecule has 0 aliphatic heterocycles. The molecule has 2 rings (SSSR count).